The van der Waals surface area contributed by atoms with Crippen molar-refractivity contribution in [1.29, 1.82) is 0 Å². The zero-order chi connectivity index (χ0) is 13.5. The molecule has 0 aromatic carbocycles. The number of nitrogens with zero attached hydrogens (tertiary/aromatic N) is 4. The van der Waals surface area contributed by atoms with Gasteiger partial charge in [0.2, 0.25) is 11.7 Å². The number of hydrogen-bond donors (Lipinski definition) is 1. The van der Waals surface area contributed by atoms with Crippen LogP contribution >= 0.6 is 0 Å². The largest absolute Gasteiger partial charge is 0.383 e. The molecule has 2 heterocycles. The van der Waals surface area contributed by atoms with E-state index in [0.717, 1.165) is 6.54 Å². The molecule has 0 aliphatic carbocycles. The van der Waals surface area contributed by atoms with Gasteiger partial charge in [-0.1, -0.05) is 12.1 Å². The standard InChI is InChI=1S/C12H17N5O2/c1-3-14-9(7-18-2)6-11-16-12(17-19-11)10-4-5-13-8-15-10/h4-5,8-9,14H,3,6-7H2,1-2H3. The Morgan fingerprint density at radius 3 is 3.05 bits per heavy atom. The number of nitrogens with one attached hydrogen (secondary N) is 1. The molecule has 1 unspecified atom stereocenters. The van der Waals surface area contributed by atoms with E-state index in [2.05, 4.69) is 25.4 Å². The van der Waals surface area contributed by atoms with Gasteiger partial charge in [0.15, 0.2) is 0 Å². The van der Waals surface area contributed by atoms with Gasteiger partial charge in [-0.3, -0.25) is 0 Å². The van der Waals surface area contributed by atoms with E-state index in [-0.39, 0.29) is 6.04 Å². The summed E-state index contributed by atoms with van der Waals surface area (Å²) in [5.74, 6) is 1.04. The summed E-state index contributed by atoms with van der Waals surface area (Å²) in [5.41, 5.74) is 0.650. The lowest BCUT2D eigenvalue weighted by atomic mass is 10.2. The van der Waals surface area contributed by atoms with E-state index in [1.54, 1.807) is 19.4 Å². The van der Waals surface area contributed by atoms with E-state index < -0.39 is 0 Å². The molecule has 0 radical (unpaired) electrons. The van der Waals surface area contributed by atoms with Crippen molar-refractivity contribution >= 4 is 0 Å². The number of likely N-dealkylation sites (N-methyl/N-ethyl adjacent to an activating group) is 1. The van der Waals surface area contributed by atoms with E-state index in [4.69, 9.17) is 9.26 Å². The van der Waals surface area contributed by atoms with Gasteiger partial charge in [-0.25, -0.2) is 9.97 Å². The van der Waals surface area contributed by atoms with E-state index in [9.17, 15) is 0 Å². The summed E-state index contributed by atoms with van der Waals surface area (Å²) < 4.78 is 10.4. The van der Waals surface area contributed by atoms with Gasteiger partial charge in [-0.2, -0.15) is 4.98 Å². The molecule has 0 saturated heterocycles. The van der Waals surface area contributed by atoms with Crippen LogP contribution in [0.1, 0.15) is 12.8 Å². The summed E-state index contributed by atoms with van der Waals surface area (Å²) in [6.07, 6.45) is 3.72. The second kappa shape index (κ2) is 6.91. The number of methoxy groups -OCH3 is 1. The molecule has 2 aromatic rings. The minimum Gasteiger partial charge on any atom is -0.383 e. The van der Waals surface area contributed by atoms with Crippen LogP contribution in [-0.2, 0) is 11.2 Å². The van der Waals surface area contributed by atoms with Gasteiger partial charge in [0, 0.05) is 25.8 Å². The van der Waals surface area contributed by atoms with E-state index in [0.29, 0.717) is 30.4 Å². The second-order valence-corrected chi connectivity index (χ2v) is 4.02. The monoisotopic (exact) mass is 263 g/mol. The molecule has 0 bridgehead atoms. The van der Waals surface area contributed by atoms with Crippen LogP contribution in [-0.4, -0.2) is 46.4 Å². The fourth-order valence-electron chi connectivity index (χ4n) is 1.76. The summed E-state index contributed by atoms with van der Waals surface area (Å²) >= 11 is 0. The van der Waals surface area contributed by atoms with Gasteiger partial charge in [0.05, 0.1) is 6.61 Å². The molecule has 0 fully saturated rings. The molecule has 0 saturated carbocycles. The maximum absolute atomic E-state index is 5.23. The van der Waals surface area contributed by atoms with Crippen molar-refractivity contribution in [3.8, 4) is 11.5 Å². The van der Waals surface area contributed by atoms with Crippen molar-refractivity contribution in [3.63, 3.8) is 0 Å². The van der Waals surface area contributed by atoms with Gasteiger partial charge < -0.3 is 14.6 Å². The maximum Gasteiger partial charge on any atom is 0.228 e. The normalized spacial score (nSPS) is 12.5. The molecule has 2 aromatic heterocycles. The van der Waals surface area contributed by atoms with Crippen molar-refractivity contribution in [2.75, 3.05) is 20.3 Å². The molecule has 102 valence electrons. The summed E-state index contributed by atoms with van der Waals surface area (Å²) in [4.78, 5) is 12.2. The lowest BCUT2D eigenvalue weighted by Gasteiger charge is -2.14. The zero-order valence-electron chi connectivity index (χ0n) is 11.0. The van der Waals surface area contributed by atoms with E-state index in [1.807, 2.05) is 6.92 Å². The predicted molar refractivity (Wildman–Crippen MR) is 68.4 cm³/mol. The average Bonchev–Trinajstić information content (AvgIpc) is 2.89. The first-order chi connectivity index (χ1) is 9.33. The van der Waals surface area contributed by atoms with Crippen molar-refractivity contribution < 1.29 is 9.26 Å². The number of rotatable bonds is 7. The molecule has 0 aliphatic rings. The van der Waals surface area contributed by atoms with Crippen LogP contribution in [0.4, 0.5) is 0 Å². The van der Waals surface area contributed by atoms with Crippen molar-refractivity contribution in [2.24, 2.45) is 0 Å². The smallest absolute Gasteiger partial charge is 0.228 e. The van der Waals surface area contributed by atoms with Gasteiger partial charge in [0.25, 0.3) is 0 Å². The topological polar surface area (TPSA) is 86.0 Å². The number of aromatic nitrogens is 4. The fourth-order valence-corrected chi connectivity index (χ4v) is 1.76. The summed E-state index contributed by atoms with van der Waals surface area (Å²) in [5, 5.41) is 7.22. The Balaban J connectivity index is 2.04. The van der Waals surface area contributed by atoms with Crippen molar-refractivity contribution in [2.45, 2.75) is 19.4 Å². The van der Waals surface area contributed by atoms with E-state index >= 15 is 0 Å². The molecule has 0 amide bonds. The Hall–Kier alpha value is -1.86. The number of hydrogen-bond acceptors (Lipinski definition) is 7. The Bertz CT molecular complexity index is 482. The molecule has 2 rings (SSSR count). The molecule has 1 N–H and O–H groups in total. The minimum absolute atomic E-state index is 0.161. The van der Waals surface area contributed by atoms with Gasteiger partial charge in [0.1, 0.15) is 12.0 Å². The molecule has 7 heteroatoms. The van der Waals surface area contributed by atoms with Gasteiger partial charge in [-0.05, 0) is 12.6 Å². The fraction of sp³-hybridized carbons (Fsp3) is 0.500. The van der Waals surface area contributed by atoms with Crippen LogP contribution < -0.4 is 5.32 Å². The molecular weight excluding hydrogens is 246 g/mol. The molecule has 7 nitrogen and oxygen atoms in total. The lowest BCUT2D eigenvalue weighted by molar-refractivity contribution is 0.162. The van der Waals surface area contributed by atoms with E-state index in [1.165, 1.54) is 6.33 Å². The Morgan fingerprint density at radius 2 is 2.37 bits per heavy atom. The summed E-state index contributed by atoms with van der Waals surface area (Å²) in [6.45, 7) is 3.50. The first kappa shape index (κ1) is 13.6. The van der Waals surface area contributed by atoms with Crippen molar-refractivity contribution in [3.05, 3.63) is 24.5 Å². The second-order valence-electron chi connectivity index (χ2n) is 4.02. The molecule has 1 atom stereocenters. The highest BCUT2D eigenvalue weighted by Gasteiger charge is 2.15. The van der Waals surface area contributed by atoms with Gasteiger partial charge >= 0.3 is 0 Å². The van der Waals surface area contributed by atoms with Crippen LogP contribution in [0.15, 0.2) is 23.1 Å². The third-order valence-electron chi connectivity index (χ3n) is 2.56. The maximum atomic E-state index is 5.23. The van der Waals surface area contributed by atoms with Crippen LogP contribution in [0.2, 0.25) is 0 Å². The third-order valence-corrected chi connectivity index (χ3v) is 2.56. The lowest BCUT2D eigenvalue weighted by Crippen LogP contribution is -2.35. The first-order valence-corrected chi connectivity index (χ1v) is 6.14. The molecular formula is C12H17N5O2. The van der Waals surface area contributed by atoms with Crippen LogP contribution in [0.5, 0.6) is 0 Å². The minimum atomic E-state index is 0.161. The summed E-state index contributed by atoms with van der Waals surface area (Å²) in [7, 11) is 1.67. The molecule has 0 aliphatic heterocycles. The highest BCUT2D eigenvalue weighted by Crippen LogP contribution is 2.12. The zero-order valence-corrected chi connectivity index (χ0v) is 11.0. The predicted octanol–water partition coefficient (Wildman–Crippen LogP) is 0.694. The Morgan fingerprint density at radius 1 is 1.47 bits per heavy atom. The number of ether oxygens (including phenoxy) is 1. The highest BCUT2D eigenvalue weighted by atomic mass is 16.5. The third kappa shape index (κ3) is 3.80. The molecule has 0 spiro atoms. The van der Waals surface area contributed by atoms with Crippen LogP contribution in [0.3, 0.4) is 0 Å². The SMILES string of the molecule is CCNC(COC)Cc1nc(-c2ccncn2)no1. The Kier molecular flexibility index (Phi) is 4.93. The van der Waals surface area contributed by atoms with Gasteiger partial charge in [-0.15, -0.1) is 0 Å². The summed E-state index contributed by atoms with van der Waals surface area (Å²) in [6, 6.07) is 1.90. The highest BCUT2D eigenvalue weighted by molar-refractivity contribution is 5.46. The average molecular weight is 263 g/mol. The van der Waals surface area contributed by atoms with Crippen LogP contribution in [0.25, 0.3) is 11.5 Å². The van der Waals surface area contributed by atoms with Crippen LogP contribution in [0, 0.1) is 0 Å². The van der Waals surface area contributed by atoms with Crippen molar-refractivity contribution in [1.82, 2.24) is 25.4 Å². The Labute approximate surface area is 111 Å². The molecule has 19 heavy (non-hydrogen) atoms. The first-order valence-electron chi connectivity index (χ1n) is 6.14. The quantitative estimate of drug-likeness (QED) is 0.786.